The average molecular weight is 266 g/mol. The molecule has 108 valence electrons. The Bertz CT molecular complexity index is 254. The van der Waals surface area contributed by atoms with Crippen LogP contribution < -0.4 is 0 Å². The predicted molar refractivity (Wildman–Crippen MR) is 65.7 cm³/mol. The van der Waals surface area contributed by atoms with E-state index in [-0.39, 0.29) is 18.7 Å². The highest BCUT2D eigenvalue weighted by Gasteiger charge is 2.51. The summed E-state index contributed by atoms with van der Waals surface area (Å²) in [6.45, 7) is 5.04. The van der Waals surface area contributed by atoms with Gasteiger partial charge in [0.25, 0.3) is 0 Å². The van der Waals surface area contributed by atoms with E-state index in [0.29, 0.717) is 26.1 Å². The second kappa shape index (κ2) is 6.75. The molecule has 1 fully saturated rings. The molecule has 0 spiro atoms. The summed E-state index contributed by atoms with van der Waals surface area (Å²) in [6, 6.07) is -0.266. The van der Waals surface area contributed by atoms with Crippen molar-refractivity contribution in [3.8, 4) is 0 Å². The predicted octanol–water partition coefficient (Wildman–Crippen LogP) is 1.61. The molecule has 6 heteroatoms. The number of hydrogen-bond acceptors (Lipinski definition) is 4. The van der Waals surface area contributed by atoms with Gasteiger partial charge in [0.2, 0.25) is 0 Å². The Kier molecular flexibility index (Phi) is 5.91. The third-order valence-corrected chi connectivity index (χ3v) is 3.63. The van der Waals surface area contributed by atoms with Crippen LogP contribution in [-0.4, -0.2) is 68.6 Å². The molecule has 0 aliphatic carbocycles. The Hall–Kier alpha value is -0.300. The lowest BCUT2D eigenvalue weighted by molar-refractivity contribution is -0.233. The zero-order chi connectivity index (χ0) is 13.8. The van der Waals surface area contributed by atoms with Crippen LogP contribution in [-0.2, 0) is 9.47 Å². The van der Waals surface area contributed by atoms with Crippen molar-refractivity contribution >= 4 is 0 Å². The number of ether oxygens (including phenoxy) is 2. The standard InChI is InChI=1S/C12H24F2N2O2/c1-5-11(10(2)18-4)16-7-6-15(8-9-17-3)12(16,13)14/h10-11H,5-9H2,1-4H3. The minimum atomic E-state index is -2.91. The molecule has 2 unspecified atom stereocenters. The van der Waals surface area contributed by atoms with Gasteiger partial charge in [-0.3, -0.25) is 0 Å². The molecule has 0 radical (unpaired) electrons. The van der Waals surface area contributed by atoms with Gasteiger partial charge >= 0.3 is 6.17 Å². The van der Waals surface area contributed by atoms with Gasteiger partial charge in [-0.2, -0.15) is 8.78 Å². The maximum atomic E-state index is 14.3. The van der Waals surface area contributed by atoms with Crippen LogP contribution in [0, 0.1) is 0 Å². The van der Waals surface area contributed by atoms with Gasteiger partial charge in [-0.25, -0.2) is 9.80 Å². The van der Waals surface area contributed by atoms with Gasteiger partial charge in [0.15, 0.2) is 0 Å². The van der Waals surface area contributed by atoms with E-state index in [9.17, 15) is 8.78 Å². The van der Waals surface area contributed by atoms with Gasteiger partial charge in [-0.1, -0.05) is 6.92 Å². The van der Waals surface area contributed by atoms with Crippen LogP contribution in [0.15, 0.2) is 0 Å². The molecule has 18 heavy (non-hydrogen) atoms. The fraction of sp³-hybridized carbons (Fsp3) is 1.00. The van der Waals surface area contributed by atoms with Crippen LogP contribution in [0.3, 0.4) is 0 Å². The van der Waals surface area contributed by atoms with Crippen molar-refractivity contribution < 1.29 is 18.3 Å². The van der Waals surface area contributed by atoms with Crippen LogP contribution in [0.5, 0.6) is 0 Å². The first-order chi connectivity index (χ1) is 8.48. The highest BCUT2D eigenvalue weighted by molar-refractivity contribution is 4.88. The number of hydrogen-bond donors (Lipinski definition) is 0. The fourth-order valence-electron chi connectivity index (χ4n) is 2.46. The number of rotatable bonds is 7. The van der Waals surface area contributed by atoms with Crippen LogP contribution in [0.1, 0.15) is 20.3 Å². The molecule has 1 aliphatic rings. The van der Waals surface area contributed by atoms with E-state index in [2.05, 4.69) is 0 Å². The Morgan fingerprint density at radius 1 is 1.28 bits per heavy atom. The molecule has 1 saturated heterocycles. The van der Waals surface area contributed by atoms with Crippen LogP contribution in [0.4, 0.5) is 8.78 Å². The lowest BCUT2D eigenvalue weighted by Gasteiger charge is -2.36. The van der Waals surface area contributed by atoms with Crippen molar-refractivity contribution in [3.05, 3.63) is 0 Å². The first kappa shape index (κ1) is 15.8. The van der Waals surface area contributed by atoms with Crippen molar-refractivity contribution in [2.75, 3.05) is 40.5 Å². The fourth-order valence-corrected chi connectivity index (χ4v) is 2.46. The molecule has 0 aromatic heterocycles. The van der Waals surface area contributed by atoms with E-state index < -0.39 is 6.17 Å². The lowest BCUT2D eigenvalue weighted by atomic mass is 10.1. The molecule has 1 rings (SSSR count). The maximum Gasteiger partial charge on any atom is 0.370 e. The summed E-state index contributed by atoms with van der Waals surface area (Å²) in [5.41, 5.74) is 0. The number of alkyl halides is 2. The van der Waals surface area contributed by atoms with Gasteiger partial charge in [0.05, 0.1) is 12.7 Å². The third-order valence-electron chi connectivity index (χ3n) is 3.63. The van der Waals surface area contributed by atoms with Gasteiger partial charge < -0.3 is 9.47 Å². The molecule has 0 aromatic rings. The molecule has 2 atom stereocenters. The van der Waals surface area contributed by atoms with Crippen LogP contribution >= 0.6 is 0 Å². The lowest BCUT2D eigenvalue weighted by Crippen LogP contribution is -2.54. The largest absolute Gasteiger partial charge is 0.383 e. The van der Waals surface area contributed by atoms with Crippen molar-refractivity contribution in [1.82, 2.24) is 9.80 Å². The van der Waals surface area contributed by atoms with Gasteiger partial charge in [-0.15, -0.1) is 0 Å². The second-order valence-corrected chi connectivity index (χ2v) is 4.60. The molecule has 0 amide bonds. The van der Waals surface area contributed by atoms with Gasteiger partial charge in [-0.05, 0) is 13.3 Å². The molecule has 0 aromatic carbocycles. The SMILES string of the molecule is CCC(C(C)OC)N1CCN(CCOC)C1(F)F. The molecule has 0 saturated carbocycles. The van der Waals surface area contributed by atoms with Crippen molar-refractivity contribution in [2.45, 2.75) is 38.6 Å². The Labute approximate surface area is 108 Å². The minimum Gasteiger partial charge on any atom is -0.383 e. The number of halogens is 2. The molecule has 1 heterocycles. The normalized spacial score (nSPS) is 24.3. The summed E-state index contributed by atoms with van der Waals surface area (Å²) in [6.07, 6.45) is -2.47. The zero-order valence-electron chi connectivity index (χ0n) is 11.7. The highest BCUT2D eigenvalue weighted by atomic mass is 19.3. The summed E-state index contributed by atoms with van der Waals surface area (Å²) in [5.74, 6) is 0. The molecule has 0 bridgehead atoms. The number of methoxy groups -OCH3 is 2. The molecular weight excluding hydrogens is 242 g/mol. The topological polar surface area (TPSA) is 24.9 Å². The average Bonchev–Trinajstić information content (AvgIpc) is 2.63. The smallest absolute Gasteiger partial charge is 0.370 e. The van der Waals surface area contributed by atoms with Gasteiger partial charge in [0, 0.05) is 39.9 Å². The molecular formula is C12H24F2N2O2. The minimum absolute atomic E-state index is 0.205. The first-order valence-corrected chi connectivity index (χ1v) is 6.40. The third kappa shape index (κ3) is 3.17. The molecule has 4 nitrogen and oxygen atoms in total. The molecule has 1 aliphatic heterocycles. The highest BCUT2D eigenvalue weighted by Crippen LogP contribution is 2.33. The maximum absolute atomic E-state index is 14.3. The Morgan fingerprint density at radius 2 is 1.94 bits per heavy atom. The van der Waals surface area contributed by atoms with Crippen molar-refractivity contribution in [1.29, 1.82) is 0 Å². The van der Waals surface area contributed by atoms with E-state index in [1.807, 2.05) is 13.8 Å². The Balaban J connectivity index is 2.72. The monoisotopic (exact) mass is 266 g/mol. The van der Waals surface area contributed by atoms with E-state index in [1.165, 1.54) is 16.9 Å². The summed E-state index contributed by atoms with van der Waals surface area (Å²) < 4.78 is 38.6. The van der Waals surface area contributed by atoms with Crippen LogP contribution in [0.2, 0.25) is 0 Å². The number of nitrogens with zero attached hydrogens (tertiary/aromatic N) is 2. The molecule has 0 N–H and O–H groups in total. The quantitative estimate of drug-likeness (QED) is 0.654. The summed E-state index contributed by atoms with van der Waals surface area (Å²) in [4.78, 5) is 2.42. The zero-order valence-corrected chi connectivity index (χ0v) is 11.7. The second-order valence-electron chi connectivity index (χ2n) is 4.60. The van der Waals surface area contributed by atoms with Crippen LogP contribution in [0.25, 0.3) is 0 Å². The van der Waals surface area contributed by atoms with E-state index in [4.69, 9.17) is 9.47 Å². The van der Waals surface area contributed by atoms with Gasteiger partial charge in [0.1, 0.15) is 0 Å². The van der Waals surface area contributed by atoms with Crippen molar-refractivity contribution in [2.24, 2.45) is 0 Å². The summed E-state index contributed by atoms with van der Waals surface area (Å²) >= 11 is 0. The van der Waals surface area contributed by atoms with E-state index in [0.717, 1.165) is 0 Å². The first-order valence-electron chi connectivity index (χ1n) is 6.40. The van der Waals surface area contributed by atoms with Crippen molar-refractivity contribution in [3.63, 3.8) is 0 Å². The van der Waals surface area contributed by atoms with E-state index in [1.54, 1.807) is 7.11 Å². The summed E-state index contributed by atoms with van der Waals surface area (Å²) in [7, 11) is 3.08. The summed E-state index contributed by atoms with van der Waals surface area (Å²) in [5, 5.41) is 0. The Morgan fingerprint density at radius 3 is 2.44 bits per heavy atom. The van der Waals surface area contributed by atoms with E-state index >= 15 is 0 Å².